The van der Waals surface area contributed by atoms with Gasteiger partial charge < -0.3 is 21.7 Å². The van der Waals surface area contributed by atoms with Crippen molar-refractivity contribution in [1.29, 1.82) is 5.41 Å². The zero-order valence-electron chi connectivity index (χ0n) is 21.1. The molecule has 38 heavy (non-hydrogen) atoms. The fourth-order valence-electron chi connectivity index (χ4n) is 4.71. The van der Waals surface area contributed by atoms with Crippen LogP contribution in [0.1, 0.15) is 41.0 Å². The topological polar surface area (TPSA) is 125 Å². The molecule has 0 bridgehead atoms. The fourth-order valence-corrected chi connectivity index (χ4v) is 4.71. The second-order valence-electron chi connectivity index (χ2n) is 9.31. The van der Waals surface area contributed by atoms with Gasteiger partial charge in [0, 0.05) is 24.6 Å². The zero-order chi connectivity index (χ0) is 25.5. The molecule has 0 spiro atoms. The molecule has 1 heterocycles. The Morgan fingerprint density at radius 3 is 2.13 bits per heavy atom. The summed E-state index contributed by atoms with van der Waals surface area (Å²) in [5, 5.41) is 10.5. The van der Waals surface area contributed by atoms with Crippen molar-refractivity contribution in [1.82, 2.24) is 10.2 Å². The van der Waals surface area contributed by atoms with Crippen LogP contribution in [0.5, 0.6) is 0 Å². The minimum absolute atomic E-state index is 0. The maximum Gasteiger partial charge on any atom is 0.243 e. The van der Waals surface area contributed by atoms with E-state index in [1.165, 1.54) is 0 Å². The van der Waals surface area contributed by atoms with E-state index in [0.29, 0.717) is 37.9 Å². The molecule has 7 nitrogen and oxygen atoms in total. The Kier molecular flexibility index (Phi) is 11.8. The van der Waals surface area contributed by atoms with Crippen LogP contribution in [0.15, 0.2) is 84.9 Å². The van der Waals surface area contributed by atoms with E-state index in [4.69, 9.17) is 16.9 Å². The van der Waals surface area contributed by atoms with Gasteiger partial charge in [0.1, 0.15) is 11.9 Å². The lowest BCUT2D eigenvalue weighted by molar-refractivity contribution is -0.139. The Hall–Kier alpha value is -3.39. The molecular weight excluding hydrogens is 521 g/mol. The molecule has 1 saturated heterocycles. The van der Waals surface area contributed by atoms with Gasteiger partial charge in [-0.2, -0.15) is 0 Å². The third kappa shape index (κ3) is 7.81. The lowest BCUT2D eigenvalue weighted by Crippen LogP contribution is -2.51. The van der Waals surface area contributed by atoms with E-state index < -0.39 is 12.1 Å². The second-order valence-corrected chi connectivity index (χ2v) is 9.31. The molecule has 2 amide bonds. The van der Waals surface area contributed by atoms with Gasteiger partial charge in [-0.3, -0.25) is 15.0 Å². The summed E-state index contributed by atoms with van der Waals surface area (Å²) in [7, 11) is 0. The average Bonchev–Trinajstić information content (AvgIpc) is 3.37. The third-order valence-electron chi connectivity index (χ3n) is 6.79. The highest BCUT2D eigenvalue weighted by molar-refractivity contribution is 5.95. The van der Waals surface area contributed by atoms with E-state index in [-0.39, 0.29) is 48.4 Å². The van der Waals surface area contributed by atoms with Crippen molar-refractivity contribution in [2.45, 2.75) is 43.8 Å². The van der Waals surface area contributed by atoms with Gasteiger partial charge in [0.05, 0.1) is 6.04 Å². The van der Waals surface area contributed by atoms with Crippen molar-refractivity contribution in [2.24, 2.45) is 11.5 Å². The largest absolute Gasteiger partial charge is 0.384 e. The highest BCUT2D eigenvalue weighted by Crippen LogP contribution is 2.32. The predicted molar refractivity (Wildman–Crippen MR) is 156 cm³/mol. The first-order valence-corrected chi connectivity index (χ1v) is 12.3. The van der Waals surface area contributed by atoms with Crippen LogP contribution in [0.2, 0.25) is 0 Å². The van der Waals surface area contributed by atoms with Gasteiger partial charge in [0.15, 0.2) is 0 Å². The van der Waals surface area contributed by atoms with Gasteiger partial charge >= 0.3 is 0 Å². The maximum absolute atomic E-state index is 13.4. The minimum atomic E-state index is -0.672. The molecule has 3 aromatic rings. The summed E-state index contributed by atoms with van der Waals surface area (Å²) in [5.74, 6) is -0.300. The first-order valence-electron chi connectivity index (χ1n) is 12.3. The number of nitrogens with zero attached hydrogens (tertiary/aromatic N) is 1. The Labute approximate surface area is 236 Å². The molecule has 1 fully saturated rings. The first-order chi connectivity index (χ1) is 17.4. The summed E-state index contributed by atoms with van der Waals surface area (Å²) in [6.45, 7) is 0.791. The van der Waals surface area contributed by atoms with Crippen LogP contribution >= 0.6 is 24.8 Å². The number of carbonyl (C=O) groups excluding carboxylic acids is 2. The van der Waals surface area contributed by atoms with Gasteiger partial charge in [-0.05, 0) is 36.0 Å². The highest BCUT2D eigenvalue weighted by atomic mass is 35.5. The number of nitrogens with two attached hydrogens (primary N) is 2. The van der Waals surface area contributed by atoms with E-state index in [1.807, 2.05) is 72.8 Å². The van der Waals surface area contributed by atoms with E-state index >= 15 is 0 Å². The number of likely N-dealkylation sites (tertiary alicyclic amines) is 1. The standard InChI is InChI=1S/C29H33N5O2.2ClH/c30-25(16-13-20-7-3-1-4-8-20)29(36)34-19-24(22-9-5-2-6-10-22)17-26(34)28(35)33-18-21-11-14-23(15-12-21)27(31)32;;/h1-12,14-15,24-26H,13,16-19,30H2,(H3,31,32)(H,33,35);2*1H/t24-,25+,26-;;/m0../s1. The number of nitrogens with one attached hydrogen (secondary N) is 2. The van der Waals surface area contributed by atoms with Crippen LogP contribution in [0.4, 0.5) is 0 Å². The predicted octanol–water partition coefficient (Wildman–Crippen LogP) is 3.78. The van der Waals surface area contributed by atoms with Crippen molar-refractivity contribution >= 4 is 42.5 Å². The number of hydrogen-bond acceptors (Lipinski definition) is 4. The van der Waals surface area contributed by atoms with Gasteiger partial charge in [-0.1, -0.05) is 84.9 Å². The number of rotatable bonds is 9. The number of benzene rings is 3. The molecule has 1 aliphatic rings. The summed E-state index contributed by atoms with van der Waals surface area (Å²) < 4.78 is 0. The smallest absolute Gasteiger partial charge is 0.243 e. The summed E-state index contributed by atoms with van der Waals surface area (Å²) in [6.07, 6.45) is 1.78. The third-order valence-corrected chi connectivity index (χ3v) is 6.79. The van der Waals surface area contributed by atoms with Crippen LogP contribution in [0, 0.1) is 5.41 Å². The molecule has 0 radical (unpaired) electrons. The molecule has 4 rings (SSSR count). The molecule has 1 aliphatic heterocycles. The highest BCUT2D eigenvalue weighted by Gasteiger charge is 2.41. The average molecular weight is 557 g/mol. The van der Waals surface area contributed by atoms with E-state index in [2.05, 4.69) is 5.32 Å². The van der Waals surface area contributed by atoms with Crippen LogP contribution in [-0.2, 0) is 22.6 Å². The monoisotopic (exact) mass is 555 g/mol. The normalized spacial score (nSPS) is 17.0. The van der Waals surface area contributed by atoms with Crippen LogP contribution in [-0.4, -0.2) is 41.2 Å². The number of amidine groups is 1. The summed E-state index contributed by atoms with van der Waals surface area (Å²) in [6, 6.07) is 25.9. The summed E-state index contributed by atoms with van der Waals surface area (Å²) >= 11 is 0. The van der Waals surface area contributed by atoms with Crippen LogP contribution in [0.3, 0.4) is 0 Å². The van der Waals surface area contributed by atoms with Crippen molar-refractivity contribution in [3.8, 4) is 0 Å². The van der Waals surface area contributed by atoms with Crippen molar-refractivity contribution in [2.75, 3.05) is 6.54 Å². The molecule has 3 aromatic carbocycles. The summed E-state index contributed by atoms with van der Waals surface area (Å²) in [5.41, 5.74) is 15.6. The van der Waals surface area contributed by atoms with Gasteiger partial charge in [-0.15, -0.1) is 24.8 Å². The fraction of sp³-hybridized carbons (Fsp3) is 0.276. The van der Waals surface area contributed by atoms with Crippen LogP contribution in [0.25, 0.3) is 0 Å². The zero-order valence-corrected chi connectivity index (χ0v) is 22.7. The van der Waals surface area contributed by atoms with E-state index in [9.17, 15) is 9.59 Å². The lowest BCUT2D eigenvalue weighted by Gasteiger charge is -2.27. The Balaban J connectivity index is 0.00000253. The number of aryl methyl sites for hydroxylation is 1. The first kappa shape index (κ1) is 30.8. The molecule has 202 valence electrons. The lowest BCUT2D eigenvalue weighted by atomic mass is 9.96. The molecule has 0 aliphatic carbocycles. The summed E-state index contributed by atoms with van der Waals surface area (Å²) in [4.78, 5) is 28.4. The molecule has 6 N–H and O–H groups in total. The van der Waals surface area contributed by atoms with Crippen molar-refractivity contribution < 1.29 is 9.59 Å². The molecule has 9 heteroatoms. The molecule has 0 saturated carbocycles. The molecule has 0 unspecified atom stereocenters. The van der Waals surface area contributed by atoms with Gasteiger partial charge in [-0.25, -0.2) is 0 Å². The number of carbonyl (C=O) groups is 2. The Bertz CT molecular complexity index is 1190. The SMILES string of the molecule is Cl.Cl.N=C(N)c1ccc(CNC(=O)[C@@H]2C[C@H](c3ccccc3)CN2C(=O)[C@H](N)CCc2ccccc2)cc1. The van der Waals surface area contributed by atoms with Crippen LogP contribution < -0.4 is 16.8 Å². The van der Waals surface area contributed by atoms with E-state index in [1.54, 1.807) is 17.0 Å². The minimum Gasteiger partial charge on any atom is -0.384 e. The Morgan fingerprint density at radius 2 is 1.53 bits per heavy atom. The number of halogens is 2. The molecular formula is C29H35Cl2N5O2. The Morgan fingerprint density at radius 1 is 0.921 bits per heavy atom. The molecule has 0 aromatic heterocycles. The van der Waals surface area contributed by atoms with Gasteiger partial charge in [0.25, 0.3) is 0 Å². The second kappa shape index (κ2) is 14.5. The number of nitrogen functional groups attached to an aromatic ring is 1. The molecule has 3 atom stereocenters. The number of amides is 2. The van der Waals surface area contributed by atoms with Crippen molar-refractivity contribution in [3.05, 3.63) is 107 Å². The maximum atomic E-state index is 13.4. The quantitative estimate of drug-likeness (QED) is 0.237. The van der Waals surface area contributed by atoms with E-state index in [0.717, 1.165) is 16.7 Å². The number of hydrogen-bond donors (Lipinski definition) is 4. The van der Waals surface area contributed by atoms with Crippen molar-refractivity contribution in [3.63, 3.8) is 0 Å². The van der Waals surface area contributed by atoms with Gasteiger partial charge in [0.2, 0.25) is 11.8 Å².